The Morgan fingerprint density at radius 2 is 1.36 bits per heavy atom. The lowest BCUT2D eigenvalue weighted by molar-refractivity contribution is -0.112. The smallest absolute Gasteiger partial charge is 0.253 e. The molecule has 0 spiro atoms. The molecule has 0 bridgehead atoms. The van der Waals surface area contributed by atoms with Crippen molar-refractivity contribution >= 4 is 17.3 Å². The Bertz CT molecular complexity index is 913. The summed E-state index contributed by atoms with van der Waals surface area (Å²) in [6.45, 7) is 1.81. The number of rotatable bonds is 6. The van der Waals surface area contributed by atoms with Crippen LogP contribution < -0.4 is 14.8 Å². The molecular weight excluding hydrogens is 352 g/mol. The Hall–Kier alpha value is -3.60. The number of pyridine rings is 1. The van der Waals surface area contributed by atoms with Crippen LogP contribution in [-0.2, 0) is 4.79 Å². The van der Waals surface area contributed by atoms with Crippen molar-refractivity contribution in [1.82, 2.24) is 4.98 Å². The minimum atomic E-state index is -0.208. The molecular formula is C23H22N2O3. The van der Waals surface area contributed by atoms with Crippen LogP contribution in [0, 0.1) is 0 Å². The van der Waals surface area contributed by atoms with Gasteiger partial charge in [-0.05, 0) is 60.0 Å². The van der Waals surface area contributed by atoms with Crippen molar-refractivity contribution in [2.75, 3.05) is 19.5 Å². The van der Waals surface area contributed by atoms with Gasteiger partial charge in [0.2, 0.25) is 0 Å². The molecule has 1 N–H and O–H groups in total. The molecule has 0 aliphatic heterocycles. The fraction of sp³-hybridized carbons (Fsp3) is 0.130. The highest BCUT2D eigenvalue weighted by atomic mass is 16.5. The molecule has 3 aromatic rings. The van der Waals surface area contributed by atoms with Crippen LogP contribution in [0.1, 0.15) is 18.1 Å². The van der Waals surface area contributed by atoms with E-state index >= 15 is 0 Å². The molecule has 1 amide bonds. The molecule has 0 fully saturated rings. The molecule has 1 heterocycles. The molecule has 28 heavy (non-hydrogen) atoms. The molecule has 3 rings (SSSR count). The van der Waals surface area contributed by atoms with E-state index in [-0.39, 0.29) is 5.91 Å². The van der Waals surface area contributed by atoms with Gasteiger partial charge in [-0.25, -0.2) is 4.98 Å². The molecule has 0 atom stereocenters. The predicted octanol–water partition coefficient (Wildman–Crippen LogP) is 4.56. The van der Waals surface area contributed by atoms with E-state index in [9.17, 15) is 4.79 Å². The number of anilines is 1. The summed E-state index contributed by atoms with van der Waals surface area (Å²) in [6, 6.07) is 20.7. The number of carbonyl (C=O) groups is 1. The van der Waals surface area contributed by atoms with Gasteiger partial charge in [0.15, 0.2) is 0 Å². The average molecular weight is 374 g/mol. The lowest BCUT2D eigenvalue weighted by Gasteiger charge is -2.14. The van der Waals surface area contributed by atoms with Crippen LogP contribution in [0.15, 0.2) is 78.5 Å². The van der Waals surface area contributed by atoms with Crippen molar-refractivity contribution in [1.29, 1.82) is 0 Å². The Labute approximate surface area is 164 Å². The van der Waals surface area contributed by atoms with Gasteiger partial charge in [0.05, 0.1) is 14.2 Å². The van der Waals surface area contributed by atoms with Crippen molar-refractivity contribution in [2.24, 2.45) is 0 Å². The van der Waals surface area contributed by atoms with Crippen LogP contribution in [0.3, 0.4) is 0 Å². The number of ether oxygens (including phenoxy) is 2. The van der Waals surface area contributed by atoms with Crippen LogP contribution in [0.4, 0.5) is 5.82 Å². The number of amides is 1. The van der Waals surface area contributed by atoms with Gasteiger partial charge >= 0.3 is 0 Å². The number of benzene rings is 2. The quantitative estimate of drug-likeness (QED) is 0.643. The highest BCUT2D eigenvalue weighted by Gasteiger charge is 2.16. The first-order chi connectivity index (χ1) is 13.6. The van der Waals surface area contributed by atoms with E-state index in [2.05, 4.69) is 10.3 Å². The SMILES string of the molecule is COc1ccc(C(=C(C)C(=O)Nc2ccccn2)c2ccc(OC)cc2)cc1. The third kappa shape index (κ3) is 4.38. The van der Waals surface area contributed by atoms with E-state index in [1.165, 1.54) is 0 Å². The first-order valence-corrected chi connectivity index (χ1v) is 8.84. The summed E-state index contributed by atoms with van der Waals surface area (Å²) in [5.74, 6) is 1.82. The summed E-state index contributed by atoms with van der Waals surface area (Å²) < 4.78 is 10.5. The number of nitrogens with zero attached hydrogens (tertiary/aromatic N) is 1. The summed E-state index contributed by atoms with van der Waals surface area (Å²) in [4.78, 5) is 17.1. The number of methoxy groups -OCH3 is 2. The molecule has 0 radical (unpaired) electrons. The van der Waals surface area contributed by atoms with Gasteiger partial charge in [0, 0.05) is 11.8 Å². The van der Waals surface area contributed by atoms with E-state index in [1.807, 2.05) is 61.5 Å². The summed E-state index contributed by atoms with van der Waals surface area (Å²) in [6.07, 6.45) is 1.64. The van der Waals surface area contributed by atoms with E-state index < -0.39 is 0 Å². The number of hydrogen-bond acceptors (Lipinski definition) is 4. The van der Waals surface area contributed by atoms with E-state index in [0.717, 1.165) is 28.2 Å². The number of carbonyl (C=O) groups excluding carboxylic acids is 1. The zero-order valence-electron chi connectivity index (χ0n) is 16.1. The van der Waals surface area contributed by atoms with E-state index in [0.29, 0.717) is 11.4 Å². The molecule has 142 valence electrons. The molecule has 5 nitrogen and oxygen atoms in total. The second-order valence-corrected chi connectivity index (χ2v) is 6.13. The molecule has 0 aliphatic rings. The molecule has 0 saturated carbocycles. The van der Waals surface area contributed by atoms with E-state index in [4.69, 9.17) is 9.47 Å². The van der Waals surface area contributed by atoms with Gasteiger partial charge in [0.1, 0.15) is 17.3 Å². The maximum atomic E-state index is 12.9. The van der Waals surface area contributed by atoms with Crippen molar-refractivity contribution < 1.29 is 14.3 Å². The standard InChI is InChI=1S/C23H22N2O3/c1-16(23(26)25-21-6-4-5-15-24-21)22(17-7-11-19(27-2)12-8-17)18-9-13-20(28-3)14-10-18/h4-15H,1-3H3,(H,24,25,26). The van der Waals surface area contributed by atoms with E-state index in [1.54, 1.807) is 32.5 Å². The van der Waals surface area contributed by atoms with Crippen LogP contribution in [0.5, 0.6) is 11.5 Å². The number of nitrogens with one attached hydrogen (secondary N) is 1. The number of aromatic nitrogens is 1. The molecule has 0 unspecified atom stereocenters. The van der Waals surface area contributed by atoms with Gasteiger partial charge < -0.3 is 14.8 Å². The maximum absolute atomic E-state index is 12.9. The minimum absolute atomic E-state index is 0.208. The summed E-state index contributed by atoms with van der Waals surface area (Å²) in [7, 11) is 3.25. The first-order valence-electron chi connectivity index (χ1n) is 8.84. The van der Waals surface area contributed by atoms with Crippen LogP contribution in [0.2, 0.25) is 0 Å². The van der Waals surface area contributed by atoms with Crippen LogP contribution in [-0.4, -0.2) is 25.1 Å². The highest BCUT2D eigenvalue weighted by Crippen LogP contribution is 2.30. The largest absolute Gasteiger partial charge is 0.497 e. The average Bonchev–Trinajstić information content (AvgIpc) is 2.75. The van der Waals surface area contributed by atoms with Crippen molar-refractivity contribution in [3.63, 3.8) is 0 Å². The second-order valence-electron chi connectivity index (χ2n) is 6.13. The molecule has 1 aromatic heterocycles. The third-order valence-electron chi connectivity index (χ3n) is 4.38. The fourth-order valence-electron chi connectivity index (χ4n) is 2.88. The van der Waals surface area contributed by atoms with Crippen molar-refractivity contribution in [3.8, 4) is 11.5 Å². The topological polar surface area (TPSA) is 60.5 Å². The second kappa shape index (κ2) is 8.86. The Kier molecular flexibility index (Phi) is 6.07. The molecule has 2 aromatic carbocycles. The summed E-state index contributed by atoms with van der Waals surface area (Å²) in [5.41, 5.74) is 3.25. The van der Waals surface area contributed by atoms with Gasteiger partial charge in [-0.1, -0.05) is 30.3 Å². The van der Waals surface area contributed by atoms with Gasteiger partial charge in [0.25, 0.3) is 5.91 Å². The van der Waals surface area contributed by atoms with Crippen molar-refractivity contribution in [2.45, 2.75) is 6.92 Å². The van der Waals surface area contributed by atoms with Crippen LogP contribution in [0.25, 0.3) is 5.57 Å². The zero-order chi connectivity index (χ0) is 19.9. The Morgan fingerprint density at radius 3 is 1.79 bits per heavy atom. The van der Waals surface area contributed by atoms with Crippen LogP contribution >= 0.6 is 0 Å². The monoisotopic (exact) mass is 374 g/mol. The van der Waals surface area contributed by atoms with Crippen molar-refractivity contribution in [3.05, 3.63) is 89.6 Å². The molecule has 0 aliphatic carbocycles. The lowest BCUT2D eigenvalue weighted by Crippen LogP contribution is -2.15. The van der Waals surface area contributed by atoms with Gasteiger partial charge in [-0.15, -0.1) is 0 Å². The maximum Gasteiger partial charge on any atom is 0.253 e. The minimum Gasteiger partial charge on any atom is -0.497 e. The third-order valence-corrected chi connectivity index (χ3v) is 4.38. The Balaban J connectivity index is 2.04. The fourth-order valence-corrected chi connectivity index (χ4v) is 2.88. The Morgan fingerprint density at radius 1 is 0.821 bits per heavy atom. The molecule has 5 heteroatoms. The van der Waals surface area contributed by atoms with Gasteiger partial charge in [-0.3, -0.25) is 4.79 Å². The first kappa shape index (κ1) is 19.2. The highest BCUT2D eigenvalue weighted by molar-refractivity contribution is 6.10. The predicted molar refractivity (Wildman–Crippen MR) is 111 cm³/mol. The normalized spacial score (nSPS) is 10.1. The summed E-state index contributed by atoms with van der Waals surface area (Å²) in [5, 5.41) is 2.85. The van der Waals surface area contributed by atoms with Gasteiger partial charge in [-0.2, -0.15) is 0 Å². The zero-order valence-corrected chi connectivity index (χ0v) is 16.1. The summed E-state index contributed by atoms with van der Waals surface area (Å²) >= 11 is 0. The number of hydrogen-bond donors (Lipinski definition) is 1. The molecule has 0 saturated heterocycles. The lowest BCUT2D eigenvalue weighted by atomic mass is 9.93.